The van der Waals surface area contributed by atoms with Crippen molar-refractivity contribution in [1.82, 2.24) is 9.88 Å². The Labute approximate surface area is 209 Å². The van der Waals surface area contributed by atoms with Gasteiger partial charge in [-0.3, -0.25) is 4.90 Å². The quantitative estimate of drug-likeness (QED) is 0.317. The van der Waals surface area contributed by atoms with Gasteiger partial charge in [-0.25, -0.2) is 4.79 Å². The van der Waals surface area contributed by atoms with Crippen LogP contribution in [0.4, 0.5) is 4.79 Å². The Morgan fingerprint density at radius 3 is 2.59 bits per heavy atom. The van der Waals surface area contributed by atoms with Crippen molar-refractivity contribution >= 4 is 44.5 Å². The van der Waals surface area contributed by atoms with Crippen molar-refractivity contribution in [1.29, 1.82) is 5.26 Å². The second-order valence-corrected chi connectivity index (χ2v) is 9.24. The number of hydrogen-bond acceptors (Lipinski definition) is 4. The van der Waals surface area contributed by atoms with Gasteiger partial charge in [0.05, 0.1) is 0 Å². The van der Waals surface area contributed by atoms with Crippen molar-refractivity contribution in [2.45, 2.75) is 12.5 Å². The van der Waals surface area contributed by atoms with E-state index < -0.39 is 6.09 Å². The second kappa shape index (κ2) is 9.41. The number of H-pyrrole nitrogens is 1. The molecule has 0 radical (unpaired) electrons. The number of nitriles is 1. The van der Waals surface area contributed by atoms with Gasteiger partial charge in [-0.2, -0.15) is 5.26 Å². The number of fused-ring (bicyclic) bond motifs is 3. The fourth-order valence-corrected chi connectivity index (χ4v) is 4.76. The molecule has 1 aliphatic heterocycles. The minimum absolute atomic E-state index is 0.0264. The van der Waals surface area contributed by atoms with Crippen LogP contribution in [-0.2, 0) is 6.42 Å². The van der Waals surface area contributed by atoms with Crippen LogP contribution in [0, 0.1) is 11.3 Å². The van der Waals surface area contributed by atoms with Crippen molar-refractivity contribution in [3.63, 3.8) is 0 Å². The summed E-state index contributed by atoms with van der Waals surface area (Å²) in [5.74, 6) is 1.06. The SMILES string of the molecule is N#CCOc1ccc([C@H]2c3[nH]c4ccc(Cl)cc4c3CCN2C(=O)Oc2ccc(Br)cc2)cc1. The van der Waals surface area contributed by atoms with E-state index in [0.29, 0.717) is 29.5 Å². The van der Waals surface area contributed by atoms with Crippen LogP contribution in [0.25, 0.3) is 10.9 Å². The first kappa shape index (κ1) is 22.3. The average molecular weight is 537 g/mol. The zero-order valence-corrected chi connectivity index (χ0v) is 20.3. The molecule has 6 nitrogen and oxygen atoms in total. The number of halogens is 2. The van der Waals surface area contributed by atoms with E-state index in [9.17, 15) is 4.79 Å². The first-order valence-corrected chi connectivity index (χ1v) is 11.8. The summed E-state index contributed by atoms with van der Waals surface area (Å²) in [5, 5.41) is 10.5. The number of carbonyl (C=O) groups excluding carboxylic acids is 1. The molecular weight excluding hydrogens is 518 g/mol. The van der Waals surface area contributed by atoms with Gasteiger partial charge in [0.2, 0.25) is 0 Å². The lowest BCUT2D eigenvalue weighted by atomic mass is 9.92. The van der Waals surface area contributed by atoms with E-state index in [1.807, 2.05) is 48.5 Å². The van der Waals surface area contributed by atoms with Crippen LogP contribution in [0.1, 0.15) is 22.9 Å². The Morgan fingerprint density at radius 2 is 1.85 bits per heavy atom. The summed E-state index contributed by atoms with van der Waals surface area (Å²) in [7, 11) is 0. The van der Waals surface area contributed by atoms with E-state index in [1.165, 1.54) is 0 Å². The normalized spacial score (nSPS) is 15.0. The van der Waals surface area contributed by atoms with E-state index in [-0.39, 0.29) is 12.6 Å². The van der Waals surface area contributed by atoms with Gasteiger partial charge in [0, 0.05) is 32.6 Å². The maximum atomic E-state index is 13.3. The molecule has 1 aliphatic rings. The molecule has 0 aliphatic carbocycles. The van der Waals surface area contributed by atoms with Crippen molar-refractivity contribution in [2.75, 3.05) is 13.2 Å². The standard InChI is InChI=1S/C26H19BrClN3O3/c27-17-3-8-20(9-4-17)34-26(32)31-13-11-21-22-15-18(28)5-10-23(22)30-24(21)25(31)16-1-6-19(7-2-16)33-14-12-29/h1-10,15,25,30H,11,13-14H2/t25-/m0/s1. The molecule has 1 aromatic heterocycles. The van der Waals surface area contributed by atoms with E-state index >= 15 is 0 Å². The summed E-state index contributed by atoms with van der Waals surface area (Å²) in [4.78, 5) is 18.6. The fourth-order valence-electron chi connectivity index (χ4n) is 4.33. The summed E-state index contributed by atoms with van der Waals surface area (Å²) < 4.78 is 12.0. The number of rotatable bonds is 4. The molecule has 4 aromatic rings. The molecule has 34 heavy (non-hydrogen) atoms. The number of hydrogen-bond donors (Lipinski definition) is 1. The molecular formula is C26H19BrClN3O3. The van der Waals surface area contributed by atoms with Gasteiger partial charge in [0.15, 0.2) is 6.61 Å². The zero-order chi connectivity index (χ0) is 23.7. The molecule has 0 saturated heterocycles. The maximum absolute atomic E-state index is 13.3. The highest BCUT2D eigenvalue weighted by Gasteiger charge is 2.35. The van der Waals surface area contributed by atoms with Gasteiger partial charge >= 0.3 is 6.09 Å². The molecule has 170 valence electrons. The van der Waals surface area contributed by atoms with Crippen molar-refractivity contribution in [2.24, 2.45) is 0 Å². The molecule has 0 saturated carbocycles. The third-order valence-electron chi connectivity index (χ3n) is 5.84. The number of carbonyl (C=O) groups is 1. The molecule has 1 amide bonds. The molecule has 5 rings (SSSR count). The minimum Gasteiger partial charge on any atom is -0.479 e. The molecule has 3 aromatic carbocycles. The van der Waals surface area contributed by atoms with Crippen LogP contribution in [0.3, 0.4) is 0 Å². The summed E-state index contributed by atoms with van der Waals surface area (Å²) in [6, 6.07) is 21.9. The Morgan fingerprint density at radius 1 is 1.12 bits per heavy atom. The van der Waals surface area contributed by atoms with Crippen LogP contribution in [0.5, 0.6) is 11.5 Å². The largest absolute Gasteiger partial charge is 0.479 e. The number of nitrogens with zero attached hydrogens (tertiary/aromatic N) is 2. The molecule has 1 atom stereocenters. The van der Waals surface area contributed by atoms with E-state index in [1.54, 1.807) is 29.2 Å². The molecule has 1 N–H and O–H groups in total. The van der Waals surface area contributed by atoms with Crippen LogP contribution in [-0.4, -0.2) is 29.1 Å². The predicted molar refractivity (Wildman–Crippen MR) is 133 cm³/mol. The zero-order valence-electron chi connectivity index (χ0n) is 17.9. The molecule has 0 spiro atoms. The Hall–Kier alpha value is -3.47. The second-order valence-electron chi connectivity index (χ2n) is 7.89. The highest BCUT2D eigenvalue weighted by Crippen LogP contribution is 2.40. The third kappa shape index (κ3) is 4.35. The van der Waals surface area contributed by atoms with Gasteiger partial charge in [0.25, 0.3) is 0 Å². The highest BCUT2D eigenvalue weighted by atomic mass is 79.9. The lowest BCUT2D eigenvalue weighted by Gasteiger charge is -2.35. The van der Waals surface area contributed by atoms with Gasteiger partial charge in [-0.05, 0) is 72.1 Å². The van der Waals surface area contributed by atoms with Gasteiger partial charge < -0.3 is 14.5 Å². The third-order valence-corrected chi connectivity index (χ3v) is 6.61. The molecule has 2 heterocycles. The van der Waals surface area contributed by atoms with Gasteiger partial charge in [-0.15, -0.1) is 0 Å². The molecule has 0 unspecified atom stereocenters. The average Bonchev–Trinajstić information content (AvgIpc) is 3.21. The predicted octanol–water partition coefficient (Wildman–Crippen LogP) is 6.63. The van der Waals surface area contributed by atoms with Crippen molar-refractivity contribution in [3.05, 3.63) is 93.0 Å². The van der Waals surface area contributed by atoms with Crippen LogP contribution >= 0.6 is 27.5 Å². The monoisotopic (exact) mass is 535 g/mol. The first-order valence-electron chi connectivity index (χ1n) is 10.7. The van der Waals surface area contributed by atoms with Gasteiger partial charge in [0.1, 0.15) is 23.6 Å². The summed E-state index contributed by atoms with van der Waals surface area (Å²) >= 11 is 9.67. The lowest BCUT2D eigenvalue weighted by molar-refractivity contribution is 0.135. The van der Waals surface area contributed by atoms with Gasteiger partial charge in [-0.1, -0.05) is 39.7 Å². The van der Waals surface area contributed by atoms with Crippen LogP contribution in [0.2, 0.25) is 5.02 Å². The number of ether oxygens (including phenoxy) is 2. The molecule has 0 bridgehead atoms. The summed E-state index contributed by atoms with van der Waals surface area (Å²) in [6.45, 7) is 0.459. The summed E-state index contributed by atoms with van der Waals surface area (Å²) in [5.41, 5.74) is 3.94. The fraction of sp³-hybridized carbons (Fsp3) is 0.154. The molecule has 0 fully saturated rings. The number of benzene rings is 3. The number of aromatic amines is 1. The number of nitrogens with one attached hydrogen (secondary N) is 1. The summed E-state index contributed by atoms with van der Waals surface area (Å²) in [6.07, 6.45) is 0.241. The smallest absolute Gasteiger partial charge is 0.416 e. The maximum Gasteiger partial charge on any atom is 0.416 e. The Bertz CT molecular complexity index is 1390. The van der Waals surface area contributed by atoms with E-state index in [4.69, 9.17) is 26.3 Å². The first-order chi connectivity index (χ1) is 16.5. The topological polar surface area (TPSA) is 78.4 Å². The Kier molecular flexibility index (Phi) is 6.18. The highest BCUT2D eigenvalue weighted by molar-refractivity contribution is 9.10. The van der Waals surface area contributed by atoms with Crippen LogP contribution < -0.4 is 9.47 Å². The van der Waals surface area contributed by atoms with E-state index in [0.717, 1.165) is 32.2 Å². The van der Waals surface area contributed by atoms with E-state index in [2.05, 4.69) is 20.9 Å². The molecule has 8 heteroatoms. The number of amides is 1. The lowest BCUT2D eigenvalue weighted by Crippen LogP contribution is -2.42. The number of aromatic nitrogens is 1. The Balaban J connectivity index is 1.54. The van der Waals surface area contributed by atoms with Crippen molar-refractivity contribution in [3.8, 4) is 17.6 Å². The minimum atomic E-state index is -0.431. The van der Waals surface area contributed by atoms with Crippen molar-refractivity contribution < 1.29 is 14.3 Å². The van der Waals surface area contributed by atoms with Crippen LogP contribution in [0.15, 0.2) is 71.2 Å².